The number of aromatic nitrogens is 5. The Bertz CT molecular complexity index is 1450. The van der Waals surface area contributed by atoms with Crippen LogP contribution in [0.15, 0.2) is 40.1 Å². The van der Waals surface area contributed by atoms with Gasteiger partial charge < -0.3 is 24.8 Å². The first-order valence-electron chi connectivity index (χ1n) is 13.4. The van der Waals surface area contributed by atoms with E-state index in [0.717, 1.165) is 78.0 Å². The van der Waals surface area contributed by atoms with Gasteiger partial charge in [0.05, 0.1) is 35.4 Å². The highest BCUT2D eigenvalue weighted by Gasteiger charge is 2.22. The molecule has 1 saturated heterocycles. The van der Waals surface area contributed by atoms with Gasteiger partial charge in [-0.2, -0.15) is 0 Å². The minimum atomic E-state index is -0.248. The summed E-state index contributed by atoms with van der Waals surface area (Å²) in [5.74, 6) is 1.03. The standard InChI is InChI=1S/C28H35BrFN7O/c1-3-37-17-33-22(26(37)29)6-10-31-21-5-11-32-28(38)24(21)27-34-23-16-20(15-18(2)25(23)35-27)19-7-13-36(14-8-19)12-4-9-30/h5,11,15-17,19H,3-4,6-10,12-14H2,1-2H3,(H,34,35)(H2,31,32,38). The normalized spacial score (nSPS) is 14.9. The van der Waals surface area contributed by atoms with Gasteiger partial charge in [0.25, 0.3) is 5.56 Å². The molecule has 1 fully saturated rings. The summed E-state index contributed by atoms with van der Waals surface area (Å²) in [4.78, 5) is 30.9. The summed E-state index contributed by atoms with van der Waals surface area (Å²) in [6, 6.07) is 6.29. The van der Waals surface area contributed by atoms with Gasteiger partial charge in [0, 0.05) is 32.3 Å². The lowest BCUT2D eigenvalue weighted by molar-refractivity contribution is 0.204. The third-order valence-corrected chi connectivity index (χ3v) is 8.44. The number of imidazole rings is 2. The molecule has 202 valence electrons. The molecule has 3 N–H and O–H groups in total. The summed E-state index contributed by atoms with van der Waals surface area (Å²) in [6.07, 6.45) is 6.95. The van der Waals surface area contributed by atoms with Crippen molar-refractivity contribution in [1.82, 2.24) is 29.4 Å². The lowest BCUT2D eigenvalue weighted by atomic mass is 9.88. The molecule has 4 heterocycles. The summed E-state index contributed by atoms with van der Waals surface area (Å²) in [5.41, 5.74) is 6.24. The van der Waals surface area contributed by atoms with Crippen molar-refractivity contribution in [2.75, 3.05) is 38.2 Å². The molecule has 0 radical (unpaired) electrons. The molecule has 5 rings (SSSR count). The van der Waals surface area contributed by atoms with Crippen molar-refractivity contribution in [3.8, 4) is 11.4 Å². The molecule has 4 aromatic rings. The van der Waals surface area contributed by atoms with Gasteiger partial charge in [-0.05, 0) is 91.3 Å². The molecule has 0 unspecified atom stereocenters. The van der Waals surface area contributed by atoms with Crippen molar-refractivity contribution < 1.29 is 4.39 Å². The molecule has 0 atom stereocenters. The van der Waals surface area contributed by atoms with Crippen LogP contribution in [0.25, 0.3) is 22.4 Å². The van der Waals surface area contributed by atoms with Crippen LogP contribution in [-0.4, -0.2) is 62.3 Å². The molecule has 3 aromatic heterocycles. The summed E-state index contributed by atoms with van der Waals surface area (Å²) in [7, 11) is 0. The zero-order valence-electron chi connectivity index (χ0n) is 22.0. The molecule has 38 heavy (non-hydrogen) atoms. The van der Waals surface area contributed by atoms with Gasteiger partial charge in [0.1, 0.15) is 16.0 Å². The van der Waals surface area contributed by atoms with E-state index in [4.69, 9.17) is 4.98 Å². The van der Waals surface area contributed by atoms with Gasteiger partial charge >= 0.3 is 0 Å². The van der Waals surface area contributed by atoms with Crippen molar-refractivity contribution in [2.24, 2.45) is 0 Å². The maximum absolute atomic E-state index is 12.9. The number of nitrogens with one attached hydrogen (secondary N) is 3. The fourth-order valence-corrected chi connectivity index (χ4v) is 6.06. The largest absolute Gasteiger partial charge is 0.384 e. The van der Waals surface area contributed by atoms with Gasteiger partial charge in [-0.25, -0.2) is 9.97 Å². The number of halogens is 2. The van der Waals surface area contributed by atoms with Crippen LogP contribution in [-0.2, 0) is 13.0 Å². The SMILES string of the molecule is CCn1cnc(CCNc2cc[nH]c(=O)c2-c2nc3c(C)cc(C4CCN(CCCF)CC4)cc3[nH]2)c1Br. The van der Waals surface area contributed by atoms with Gasteiger partial charge in [0.2, 0.25) is 0 Å². The highest BCUT2D eigenvalue weighted by Crippen LogP contribution is 2.33. The first kappa shape index (κ1) is 26.6. The van der Waals surface area contributed by atoms with E-state index >= 15 is 0 Å². The molecular formula is C28H35BrFN7O. The van der Waals surface area contributed by atoms with Gasteiger partial charge in [-0.1, -0.05) is 6.07 Å². The molecule has 1 aromatic carbocycles. The number of likely N-dealkylation sites (tertiary alicyclic amines) is 1. The Kier molecular flexibility index (Phi) is 8.28. The summed E-state index contributed by atoms with van der Waals surface area (Å²) in [5, 5.41) is 3.42. The van der Waals surface area contributed by atoms with Crippen LogP contribution in [0.4, 0.5) is 10.1 Å². The van der Waals surface area contributed by atoms with E-state index in [1.807, 2.05) is 12.4 Å². The third kappa shape index (κ3) is 5.56. The molecule has 0 spiro atoms. The van der Waals surface area contributed by atoms with Crippen LogP contribution >= 0.6 is 15.9 Å². The van der Waals surface area contributed by atoms with E-state index < -0.39 is 0 Å². The number of rotatable bonds is 10. The maximum atomic E-state index is 12.9. The average molecular weight is 585 g/mol. The smallest absolute Gasteiger partial charge is 0.261 e. The molecule has 10 heteroatoms. The Morgan fingerprint density at radius 1 is 1.26 bits per heavy atom. The number of fused-ring (bicyclic) bond motifs is 1. The minimum Gasteiger partial charge on any atom is -0.384 e. The Hall–Kier alpha value is -2.98. The number of H-pyrrole nitrogens is 2. The first-order chi connectivity index (χ1) is 18.5. The number of pyridine rings is 1. The highest BCUT2D eigenvalue weighted by atomic mass is 79.9. The maximum Gasteiger partial charge on any atom is 0.261 e. The van der Waals surface area contributed by atoms with Crippen molar-refractivity contribution in [3.63, 3.8) is 0 Å². The number of anilines is 1. The van der Waals surface area contributed by atoms with E-state index in [9.17, 15) is 9.18 Å². The van der Waals surface area contributed by atoms with E-state index in [1.165, 1.54) is 5.56 Å². The van der Waals surface area contributed by atoms with E-state index in [-0.39, 0.29) is 12.2 Å². The molecule has 1 aliphatic rings. The fraction of sp³-hybridized carbons (Fsp3) is 0.464. The Morgan fingerprint density at radius 2 is 2.08 bits per heavy atom. The number of nitrogens with zero attached hydrogens (tertiary/aromatic N) is 4. The van der Waals surface area contributed by atoms with Crippen molar-refractivity contribution in [1.29, 1.82) is 0 Å². The number of alkyl halides is 1. The van der Waals surface area contributed by atoms with Crippen molar-refractivity contribution >= 4 is 32.7 Å². The van der Waals surface area contributed by atoms with Crippen LogP contribution in [0.5, 0.6) is 0 Å². The third-order valence-electron chi connectivity index (χ3n) is 7.53. The zero-order chi connectivity index (χ0) is 26.6. The monoisotopic (exact) mass is 583 g/mol. The van der Waals surface area contributed by atoms with Crippen molar-refractivity contribution in [2.45, 2.75) is 52.0 Å². The van der Waals surface area contributed by atoms with Crippen LogP contribution in [0.1, 0.15) is 48.9 Å². The number of benzene rings is 1. The molecule has 0 bridgehead atoms. The predicted octanol–water partition coefficient (Wildman–Crippen LogP) is 5.40. The first-order valence-corrected chi connectivity index (χ1v) is 14.2. The Labute approximate surface area is 230 Å². The van der Waals surface area contributed by atoms with Crippen molar-refractivity contribution in [3.05, 3.63) is 62.5 Å². The van der Waals surface area contributed by atoms with E-state index in [1.54, 1.807) is 6.20 Å². The van der Waals surface area contributed by atoms with Gasteiger partial charge in [-0.15, -0.1) is 0 Å². The summed E-state index contributed by atoms with van der Waals surface area (Å²) >= 11 is 3.62. The predicted molar refractivity (Wildman–Crippen MR) is 154 cm³/mol. The molecule has 0 amide bonds. The zero-order valence-corrected chi connectivity index (χ0v) is 23.6. The quantitative estimate of drug-likeness (QED) is 0.232. The van der Waals surface area contributed by atoms with E-state index in [0.29, 0.717) is 30.3 Å². The lowest BCUT2D eigenvalue weighted by Crippen LogP contribution is -2.33. The average Bonchev–Trinajstić information content (AvgIpc) is 3.51. The number of aryl methyl sites for hydroxylation is 2. The second kappa shape index (κ2) is 11.8. The minimum absolute atomic E-state index is 0.191. The summed E-state index contributed by atoms with van der Waals surface area (Å²) in [6.45, 7) is 8.23. The molecule has 0 saturated carbocycles. The number of hydrogen-bond acceptors (Lipinski definition) is 5. The van der Waals surface area contributed by atoms with Crippen LogP contribution in [0.2, 0.25) is 0 Å². The van der Waals surface area contributed by atoms with Gasteiger partial charge in [0.15, 0.2) is 0 Å². The van der Waals surface area contributed by atoms with Crippen LogP contribution < -0.4 is 10.9 Å². The molecule has 0 aliphatic carbocycles. The van der Waals surface area contributed by atoms with Gasteiger partial charge in [-0.3, -0.25) is 9.18 Å². The number of hydrogen-bond donors (Lipinski definition) is 3. The second-order valence-electron chi connectivity index (χ2n) is 10.0. The number of piperidine rings is 1. The van der Waals surface area contributed by atoms with Crippen LogP contribution in [0.3, 0.4) is 0 Å². The Balaban J connectivity index is 1.35. The summed E-state index contributed by atoms with van der Waals surface area (Å²) < 4.78 is 15.6. The lowest BCUT2D eigenvalue weighted by Gasteiger charge is -2.32. The molecule has 1 aliphatic heterocycles. The fourth-order valence-electron chi connectivity index (χ4n) is 5.42. The highest BCUT2D eigenvalue weighted by molar-refractivity contribution is 9.10. The molecular weight excluding hydrogens is 549 g/mol. The van der Waals surface area contributed by atoms with Crippen LogP contribution in [0, 0.1) is 6.92 Å². The number of aromatic amines is 2. The second-order valence-corrected chi connectivity index (χ2v) is 10.8. The Morgan fingerprint density at radius 3 is 2.82 bits per heavy atom. The molecule has 8 nitrogen and oxygen atoms in total. The topological polar surface area (TPSA) is 94.6 Å². The van der Waals surface area contributed by atoms with E-state index in [2.05, 4.69) is 71.6 Å².